The minimum atomic E-state index is -4.60. The van der Waals surface area contributed by atoms with Crippen LogP contribution in [0.1, 0.15) is 6.42 Å². The molecule has 0 heterocycles. The first kappa shape index (κ1) is 16.0. The molecule has 0 atom stereocenters. The van der Waals surface area contributed by atoms with Gasteiger partial charge in [0.25, 0.3) is 0 Å². The lowest BCUT2D eigenvalue weighted by Crippen LogP contribution is -2.30. The van der Waals surface area contributed by atoms with Crippen LogP contribution in [0.4, 0.5) is 26.3 Å². The quantitative estimate of drug-likeness (QED) is 0.452. The third kappa shape index (κ3) is 12.9. The molecular weight excluding hydrogens is 260 g/mol. The number of hydroxylamine groups is 1. The molecule has 10 heteroatoms. The van der Waals surface area contributed by atoms with Crippen LogP contribution in [0.3, 0.4) is 0 Å². The molecule has 0 saturated heterocycles. The molecule has 0 fully saturated rings. The number of carbonyl (C=O) groups is 1. The summed E-state index contributed by atoms with van der Waals surface area (Å²) in [6.45, 7) is -3.77. The van der Waals surface area contributed by atoms with Crippen LogP contribution in [0.2, 0.25) is 0 Å². The average Bonchev–Trinajstić information content (AvgIpc) is 2.09. The second-order valence-electron chi connectivity index (χ2n) is 2.85. The number of carbonyl (C=O) groups excluding carboxylic acids is 1. The predicted molar refractivity (Wildman–Crippen MR) is 41.6 cm³/mol. The fourth-order valence-corrected chi connectivity index (χ4v) is 0.602. The summed E-state index contributed by atoms with van der Waals surface area (Å²) < 4.78 is 73.2. The fraction of sp³-hybridized carbons (Fsp3) is 0.857. The number of ether oxygens (including phenoxy) is 1. The van der Waals surface area contributed by atoms with E-state index in [0.29, 0.717) is 0 Å². The van der Waals surface area contributed by atoms with E-state index in [4.69, 9.17) is 0 Å². The molecule has 102 valence electrons. The molecule has 17 heavy (non-hydrogen) atoms. The van der Waals surface area contributed by atoms with Crippen LogP contribution in [0.15, 0.2) is 0 Å². The van der Waals surface area contributed by atoms with Gasteiger partial charge in [-0.1, -0.05) is 0 Å². The van der Waals surface area contributed by atoms with Gasteiger partial charge in [0, 0.05) is 0 Å². The van der Waals surface area contributed by atoms with Crippen molar-refractivity contribution in [2.24, 2.45) is 0 Å². The van der Waals surface area contributed by atoms with Crippen LogP contribution >= 0.6 is 0 Å². The van der Waals surface area contributed by atoms with E-state index in [-0.39, 0.29) is 0 Å². The number of halogens is 6. The largest absolute Gasteiger partial charge is 0.414 e. The maximum absolute atomic E-state index is 11.5. The predicted octanol–water partition coefficient (Wildman–Crippen LogP) is 1.57. The Balaban J connectivity index is 3.48. The Labute approximate surface area is 91.8 Å². The fourth-order valence-electron chi connectivity index (χ4n) is 0.602. The minimum absolute atomic E-state index is 0.534. The Morgan fingerprint density at radius 2 is 1.53 bits per heavy atom. The van der Waals surface area contributed by atoms with Crippen molar-refractivity contribution in [2.45, 2.75) is 18.8 Å². The van der Waals surface area contributed by atoms with E-state index < -0.39 is 44.5 Å². The summed E-state index contributed by atoms with van der Waals surface area (Å²) >= 11 is 0. The number of alkyl halides is 6. The molecule has 0 aliphatic carbocycles. The van der Waals surface area contributed by atoms with E-state index in [1.165, 1.54) is 5.48 Å². The van der Waals surface area contributed by atoms with E-state index in [2.05, 4.69) is 9.57 Å². The summed E-state index contributed by atoms with van der Waals surface area (Å²) in [7, 11) is 0. The topological polar surface area (TPSA) is 47.6 Å². The highest BCUT2D eigenvalue weighted by Crippen LogP contribution is 2.14. The van der Waals surface area contributed by atoms with Crippen molar-refractivity contribution in [3.05, 3.63) is 0 Å². The van der Waals surface area contributed by atoms with E-state index in [9.17, 15) is 31.1 Å². The normalized spacial score (nSPS) is 12.6. The van der Waals surface area contributed by atoms with Crippen LogP contribution in [-0.2, 0) is 14.4 Å². The van der Waals surface area contributed by atoms with Gasteiger partial charge in [-0.25, -0.2) is 5.48 Å². The zero-order chi connectivity index (χ0) is 13.5. The van der Waals surface area contributed by atoms with Crippen molar-refractivity contribution >= 4 is 5.91 Å². The van der Waals surface area contributed by atoms with Gasteiger partial charge in [-0.2, -0.15) is 26.3 Å². The van der Waals surface area contributed by atoms with Gasteiger partial charge in [0.15, 0.2) is 6.61 Å². The highest BCUT2D eigenvalue weighted by atomic mass is 19.4. The van der Waals surface area contributed by atoms with Crippen molar-refractivity contribution in [2.75, 3.05) is 19.8 Å². The molecule has 1 amide bonds. The number of rotatable bonds is 6. The zero-order valence-electron chi connectivity index (χ0n) is 8.32. The van der Waals surface area contributed by atoms with Gasteiger partial charge < -0.3 is 4.74 Å². The third-order valence-electron chi connectivity index (χ3n) is 1.16. The van der Waals surface area contributed by atoms with Crippen LogP contribution in [-0.4, -0.2) is 38.1 Å². The maximum atomic E-state index is 11.5. The van der Waals surface area contributed by atoms with Crippen molar-refractivity contribution in [3.63, 3.8) is 0 Å². The smallest absolute Gasteiger partial charge is 0.372 e. The highest BCUT2D eigenvalue weighted by Gasteiger charge is 2.28. The van der Waals surface area contributed by atoms with E-state index in [1.54, 1.807) is 0 Å². The van der Waals surface area contributed by atoms with Crippen molar-refractivity contribution in [1.29, 1.82) is 0 Å². The molecule has 4 nitrogen and oxygen atoms in total. The Hall–Kier alpha value is -1.03. The van der Waals surface area contributed by atoms with Gasteiger partial charge in [0.1, 0.15) is 6.61 Å². The van der Waals surface area contributed by atoms with Gasteiger partial charge in [0.2, 0.25) is 5.91 Å². The number of nitrogens with one attached hydrogen (secondary N) is 1. The van der Waals surface area contributed by atoms with E-state index >= 15 is 0 Å². The molecule has 0 aromatic carbocycles. The molecule has 0 aromatic heterocycles. The Morgan fingerprint density at radius 1 is 1.00 bits per heavy atom. The first-order valence-corrected chi connectivity index (χ1v) is 4.22. The second-order valence-corrected chi connectivity index (χ2v) is 2.85. The maximum Gasteiger partial charge on any atom is 0.414 e. The van der Waals surface area contributed by atoms with Crippen molar-refractivity contribution in [3.8, 4) is 0 Å². The standard InChI is InChI=1S/C7H9F6NO3/c8-6(9,10)3-16-2-1-5(15)14-17-4-7(11,12)13/h1-4H2,(H,14,15). The van der Waals surface area contributed by atoms with Crippen LogP contribution in [0.5, 0.6) is 0 Å². The lowest BCUT2D eigenvalue weighted by Gasteiger charge is -2.09. The molecular formula is C7H9F6NO3. The summed E-state index contributed by atoms with van der Waals surface area (Å²) in [4.78, 5) is 14.4. The van der Waals surface area contributed by atoms with Gasteiger partial charge in [-0.3, -0.25) is 9.63 Å². The summed E-state index contributed by atoms with van der Waals surface area (Å²) in [5, 5.41) is 0. The SMILES string of the molecule is O=C(CCOCC(F)(F)F)NOCC(F)(F)F. The molecule has 0 rings (SSSR count). The van der Waals surface area contributed by atoms with E-state index in [0.717, 1.165) is 0 Å². The van der Waals surface area contributed by atoms with Gasteiger partial charge in [-0.05, 0) is 0 Å². The molecule has 1 N–H and O–H groups in total. The van der Waals surface area contributed by atoms with Crippen LogP contribution in [0, 0.1) is 0 Å². The van der Waals surface area contributed by atoms with E-state index in [1.807, 2.05) is 0 Å². The second kappa shape index (κ2) is 6.64. The summed E-state index contributed by atoms with van der Waals surface area (Å²) in [5.41, 5.74) is 1.42. The Morgan fingerprint density at radius 3 is 2.00 bits per heavy atom. The highest BCUT2D eigenvalue weighted by molar-refractivity contribution is 5.74. The molecule has 0 aliphatic rings. The monoisotopic (exact) mass is 269 g/mol. The Bertz CT molecular complexity index is 239. The molecule has 0 spiro atoms. The number of amides is 1. The number of hydrogen-bond acceptors (Lipinski definition) is 3. The van der Waals surface area contributed by atoms with Crippen LogP contribution < -0.4 is 5.48 Å². The molecule has 0 aromatic rings. The van der Waals surface area contributed by atoms with Crippen molar-refractivity contribution in [1.82, 2.24) is 5.48 Å². The molecule has 0 bridgehead atoms. The van der Waals surface area contributed by atoms with Gasteiger partial charge in [0.05, 0.1) is 13.0 Å². The Kier molecular flexibility index (Phi) is 6.24. The molecule has 0 radical (unpaired) electrons. The number of hydrogen-bond donors (Lipinski definition) is 1. The first-order chi connectivity index (χ1) is 7.60. The third-order valence-corrected chi connectivity index (χ3v) is 1.16. The lowest BCUT2D eigenvalue weighted by atomic mass is 10.4. The first-order valence-electron chi connectivity index (χ1n) is 4.22. The zero-order valence-corrected chi connectivity index (χ0v) is 8.32. The average molecular weight is 269 g/mol. The summed E-state index contributed by atoms with van der Waals surface area (Å²) in [6.07, 6.45) is -9.64. The van der Waals surface area contributed by atoms with Gasteiger partial charge in [-0.15, -0.1) is 0 Å². The molecule has 0 aliphatic heterocycles. The van der Waals surface area contributed by atoms with Crippen LogP contribution in [0.25, 0.3) is 0 Å². The van der Waals surface area contributed by atoms with Crippen molar-refractivity contribution < 1.29 is 40.7 Å². The molecule has 0 unspecified atom stereocenters. The lowest BCUT2D eigenvalue weighted by molar-refractivity contribution is -0.193. The summed E-state index contributed by atoms with van der Waals surface area (Å²) in [6, 6.07) is 0. The molecule has 0 saturated carbocycles. The summed E-state index contributed by atoms with van der Waals surface area (Å²) in [5.74, 6) is -1.00. The minimum Gasteiger partial charge on any atom is -0.372 e. The van der Waals surface area contributed by atoms with Gasteiger partial charge >= 0.3 is 12.4 Å².